The van der Waals surface area contributed by atoms with Crippen LogP contribution >= 0.6 is 0 Å². The number of ether oxygens (including phenoxy) is 2. The molecule has 0 aromatic heterocycles. The number of halogens is 3. The third-order valence-electron chi connectivity index (χ3n) is 7.27. The van der Waals surface area contributed by atoms with Crippen molar-refractivity contribution in [3.8, 4) is 11.5 Å². The number of nitrogens with one attached hydrogen (secondary N) is 2. The molecule has 0 amide bonds. The zero-order valence-corrected chi connectivity index (χ0v) is 19.0. The highest BCUT2D eigenvalue weighted by Gasteiger charge is 2.54. The minimum Gasteiger partial charge on any atom is -0.490 e. The summed E-state index contributed by atoms with van der Waals surface area (Å²) in [5, 5.41) is 7.35. The molecule has 2 bridgehead atoms. The van der Waals surface area contributed by atoms with E-state index in [1.807, 2.05) is 18.2 Å². The van der Waals surface area contributed by atoms with Crippen LogP contribution in [0.25, 0.3) is 0 Å². The number of ketones is 1. The second-order valence-electron chi connectivity index (χ2n) is 9.65. The Morgan fingerprint density at radius 3 is 2.56 bits per heavy atom. The van der Waals surface area contributed by atoms with Gasteiger partial charge in [-0.3, -0.25) is 4.79 Å². The summed E-state index contributed by atoms with van der Waals surface area (Å²) < 4.78 is 48.5. The van der Waals surface area contributed by atoms with E-state index in [2.05, 4.69) is 27.5 Å². The number of benzene rings is 2. The van der Waals surface area contributed by atoms with Gasteiger partial charge in [-0.2, -0.15) is 0 Å². The van der Waals surface area contributed by atoms with E-state index >= 15 is 0 Å². The molecule has 2 aromatic carbocycles. The average molecular weight is 475 g/mol. The Labute approximate surface area is 197 Å². The van der Waals surface area contributed by atoms with Gasteiger partial charge in [-0.15, -0.1) is 13.2 Å². The molecule has 5 rings (SSSR count). The molecular weight excluding hydrogens is 445 g/mol. The SMILES string of the molecule is CC(=O)[C@@H]1C[C@]2(c3ccccc3)N[C@H]1CC[C@H]2NCc1cc(OC(F)(F)F)ccc1OC1CC1. The lowest BCUT2D eigenvalue weighted by Crippen LogP contribution is -2.58. The van der Waals surface area contributed by atoms with E-state index in [4.69, 9.17) is 4.74 Å². The van der Waals surface area contributed by atoms with Gasteiger partial charge in [0, 0.05) is 30.1 Å². The fourth-order valence-corrected chi connectivity index (χ4v) is 5.53. The second kappa shape index (κ2) is 8.89. The van der Waals surface area contributed by atoms with Gasteiger partial charge in [0.1, 0.15) is 17.3 Å². The van der Waals surface area contributed by atoms with Crippen LogP contribution in [0.2, 0.25) is 0 Å². The van der Waals surface area contributed by atoms with E-state index < -0.39 is 11.9 Å². The van der Waals surface area contributed by atoms with Crippen LogP contribution in [-0.2, 0) is 16.9 Å². The fraction of sp³-hybridized carbons (Fsp3) is 0.500. The van der Waals surface area contributed by atoms with Crippen molar-refractivity contribution in [2.24, 2.45) is 5.92 Å². The quantitative estimate of drug-likeness (QED) is 0.573. The Morgan fingerprint density at radius 2 is 1.88 bits per heavy atom. The van der Waals surface area contributed by atoms with Crippen LogP contribution in [0.5, 0.6) is 11.5 Å². The molecule has 5 nitrogen and oxygen atoms in total. The summed E-state index contributed by atoms with van der Waals surface area (Å²) in [7, 11) is 0. The summed E-state index contributed by atoms with van der Waals surface area (Å²) in [6.07, 6.45) is -0.331. The zero-order valence-electron chi connectivity index (χ0n) is 19.0. The molecule has 3 fully saturated rings. The van der Waals surface area contributed by atoms with Crippen molar-refractivity contribution >= 4 is 5.78 Å². The molecule has 182 valence electrons. The summed E-state index contributed by atoms with van der Waals surface area (Å²) in [6.45, 7) is 1.98. The third-order valence-corrected chi connectivity index (χ3v) is 7.27. The Bertz CT molecular complexity index is 1040. The van der Waals surface area contributed by atoms with Crippen LogP contribution in [0.4, 0.5) is 13.2 Å². The first-order chi connectivity index (χ1) is 16.2. The van der Waals surface area contributed by atoms with Crippen molar-refractivity contribution < 1.29 is 27.4 Å². The van der Waals surface area contributed by atoms with Crippen LogP contribution < -0.4 is 20.1 Å². The molecule has 2 N–H and O–H groups in total. The topological polar surface area (TPSA) is 59.6 Å². The number of rotatable bonds is 8. The molecule has 2 heterocycles. The fourth-order valence-electron chi connectivity index (χ4n) is 5.53. The summed E-state index contributed by atoms with van der Waals surface area (Å²) >= 11 is 0. The maximum atomic E-state index is 12.8. The molecule has 2 aliphatic heterocycles. The molecule has 4 atom stereocenters. The van der Waals surface area contributed by atoms with Gasteiger partial charge in [0.15, 0.2) is 0 Å². The molecule has 1 aliphatic carbocycles. The molecule has 0 spiro atoms. The lowest BCUT2D eigenvalue weighted by Gasteiger charge is -2.43. The van der Waals surface area contributed by atoms with Crippen molar-refractivity contribution in [2.75, 3.05) is 0 Å². The van der Waals surface area contributed by atoms with Crippen molar-refractivity contribution in [3.63, 3.8) is 0 Å². The van der Waals surface area contributed by atoms with Gasteiger partial charge in [-0.25, -0.2) is 0 Å². The maximum Gasteiger partial charge on any atom is 0.573 e. The summed E-state index contributed by atoms with van der Waals surface area (Å²) in [5.74, 6) is 0.454. The van der Waals surface area contributed by atoms with Gasteiger partial charge in [0.05, 0.1) is 11.6 Å². The van der Waals surface area contributed by atoms with Crippen LogP contribution in [0.1, 0.15) is 50.2 Å². The molecule has 2 aromatic rings. The minimum absolute atomic E-state index is 0.00327. The van der Waals surface area contributed by atoms with E-state index in [0.717, 1.165) is 31.2 Å². The predicted octanol–water partition coefficient (Wildman–Crippen LogP) is 4.84. The van der Waals surface area contributed by atoms with E-state index in [-0.39, 0.29) is 35.6 Å². The van der Waals surface area contributed by atoms with Crippen molar-refractivity contribution in [2.45, 2.75) is 75.7 Å². The number of Topliss-reactive ketones (excluding diaryl/α,β-unsaturated/α-hetero) is 1. The first kappa shape index (κ1) is 23.2. The number of hydrogen-bond acceptors (Lipinski definition) is 5. The number of piperidine rings is 1. The van der Waals surface area contributed by atoms with Gasteiger partial charge in [0.2, 0.25) is 0 Å². The van der Waals surface area contributed by atoms with E-state index in [1.165, 1.54) is 12.1 Å². The first-order valence-electron chi connectivity index (χ1n) is 11.9. The van der Waals surface area contributed by atoms with Crippen LogP contribution in [0.15, 0.2) is 48.5 Å². The average Bonchev–Trinajstić information content (AvgIpc) is 3.55. The number of alkyl halides is 3. The molecule has 34 heavy (non-hydrogen) atoms. The molecule has 3 aliphatic rings. The second-order valence-corrected chi connectivity index (χ2v) is 9.65. The smallest absolute Gasteiger partial charge is 0.490 e. The highest BCUT2D eigenvalue weighted by molar-refractivity contribution is 5.80. The monoisotopic (exact) mass is 474 g/mol. The Morgan fingerprint density at radius 1 is 1.12 bits per heavy atom. The Hall–Kier alpha value is -2.58. The van der Waals surface area contributed by atoms with Gasteiger partial charge < -0.3 is 20.1 Å². The van der Waals surface area contributed by atoms with Crippen molar-refractivity contribution in [3.05, 3.63) is 59.7 Å². The van der Waals surface area contributed by atoms with E-state index in [9.17, 15) is 18.0 Å². The molecule has 0 radical (unpaired) electrons. The van der Waals surface area contributed by atoms with Crippen molar-refractivity contribution in [1.82, 2.24) is 10.6 Å². The van der Waals surface area contributed by atoms with Gasteiger partial charge in [-0.1, -0.05) is 30.3 Å². The van der Waals surface area contributed by atoms with Crippen LogP contribution in [0, 0.1) is 5.92 Å². The highest BCUT2D eigenvalue weighted by atomic mass is 19.4. The first-order valence-corrected chi connectivity index (χ1v) is 11.9. The maximum absolute atomic E-state index is 12.8. The van der Waals surface area contributed by atoms with E-state index in [0.29, 0.717) is 24.3 Å². The Kier molecular flexibility index (Phi) is 6.06. The number of carbonyl (C=O) groups is 1. The molecule has 8 heteroatoms. The van der Waals surface area contributed by atoms with Crippen LogP contribution in [-0.4, -0.2) is 30.3 Å². The van der Waals surface area contributed by atoms with Crippen LogP contribution in [0.3, 0.4) is 0 Å². The number of fused-ring (bicyclic) bond motifs is 2. The van der Waals surface area contributed by atoms with Gasteiger partial charge >= 0.3 is 6.36 Å². The normalized spacial score (nSPS) is 28.5. The molecule has 1 saturated carbocycles. The summed E-state index contributed by atoms with van der Waals surface area (Å²) in [6, 6.07) is 14.5. The minimum atomic E-state index is -4.76. The zero-order chi connectivity index (χ0) is 23.9. The van der Waals surface area contributed by atoms with Gasteiger partial charge in [0.25, 0.3) is 0 Å². The van der Waals surface area contributed by atoms with E-state index in [1.54, 1.807) is 13.0 Å². The summed E-state index contributed by atoms with van der Waals surface area (Å²) in [5.41, 5.74) is 1.32. The number of hydrogen-bond donors (Lipinski definition) is 2. The molecular formula is C26H29F3N2O3. The standard InChI is InChI=1S/C26H29F3N2O3/c1-16(32)21-14-25(18-5-3-2-4-6-18)24(12-10-22(21)31-25)30-15-17-13-20(34-26(27,28)29)9-11-23(17)33-19-7-8-19/h2-6,9,11,13,19,21-22,24,30-31H,7-8,10,12,14-15H2,1H3/t21-,22-,24+,25+/m0/s1. The largest absolute Gasteiger partial charge is 0.573 e. The third kappa shape index (κ3) is 4.79. The predicted molar refractivity (Wildman–Crippen MR) is 120 cm³/mol. The molecule has 0 unspecified atom stereocenters. The highest BCUT2D eigenvalue weighted by Crippen LogP contribution is 2.46. The number of carbonyl (C=O) groups excluding carboxylic acids is 1. The molecule has 2 saturated heterocycles. The summed E-state index contributed by atoms with van der Waals surface area (Å²) in [4.78, 5) is 12.4. The van der Waals surface area contributed by atoms with Crippen molar-refractivity contribution in [1.29, 1.82) is 0 Å². The Balaban J connectivity index is 1.41. The lowest BCUT2D eigenvalue weighted by molar-refractivity contribution is -0.274. The lowest BCUT2D eigenvalue weighted by atomic mass is 9.78. The van der Waals surface area contributed by atoms with Gasteiger partial charge in [-0.05, 0) is 62.8 Å².